The van der Waals surface area contributed by atoms with E-state index in [1.807, 2.05) is 20.8 Å². The molecule has 4 nitrogen and oxygen atoms in total. The summed E-state index contributed by atoms with van der Waals surface area (Å²) < 4.78 is 13.0. The standard InChI is InChI=1S/C16H20ClFN2O2/c1-4-20-13(8-16(2,3)15(20)22)14(21)19-9-10-5-6-11(18)7-12(10)17/h5-7,13H,4,8-9H2,1-3H3,(H,19,21). The lowest BCUT2D eigenvalue weighted by atomic mass is 9.89. The molecule has 1 aliphatic heterocycles. The van der Waals surface area contributed by atoms with Crippen molar-refractivity contribution in [1.82, 2.24) is 10.2 Å². The van der Waals surface area contributed by atoms with E-state index in [1.54, 1.807) is 11.0 Å². The zero-order valence-electron chi connectivity index (χ0n) is 13.0. The summed E-state index contributed by atoms with van der Waals surface area (Å²) in [4.78, 5) is 26.2. The molecular weight excluding hydrogens is 307 g/mol. The van der Waals surface area contributed by atoms with Crippen molar-refractivity contribution in [3.8, 4) is 0 Å². The Labute approximate surface area is 134 Å². The Morgan fingerprint density at radius 3 is 2.77 bits per heavy atom. The first-order valence-corrected chi connectivity index (χ1v) is 7.66. The quantitative estimate of drug-likeness (QED) is 0.925. The largest absolute Gasteiger partial charge is 0.350 e. The topological polar surface area (TPSA) is 49.4 Å². The number of benzene rings is 1. The molecule has 1 aliphatic rings. The van der Waals surface area contributed by atoms with Gasteiger partial charge >= 0.3 is 0 Å². The van der Waals surface area contributed by atoms with Gasteiger partial charge in [-0.15, -0.1) is 0 Å². The molecule has 1 fully saturated rings. The van der Waals surface area contributed by atoms with Crippen LogP contribution in [0.25, 0.3) is 0 Å². The molecule has 0 aromatic heterocycles. The van der Waals surface area contributed by atoms with Crippen LogP contribution in [0.4, 0.5) is 4.39 Å². The van der Waals surface area contributed by atoms with E-state index in [0.717, 1.165) is 0 Å². The van der Waals surface area contributed by atoms with Gasteiger partial charge in [-0.2, -0.15) is 0 Å². The van der Waals surface area contributed by atoms with Crippen LogP contribution in [0, 0.1) is 11.2 Å². The summed E-state index contributed by atoms with van der Waals surface area (Å²) in [5.41, 5.74) is 0.119. The maximum atomic E-state index is 13.0. The van der Waals surface area contributed by atoms with Crippen LogP contribution in [0.15, 0.2) is 18.2 Å². The third-order valence-electron chi connectivity index (χ3n) is 4.03. The average Bonchev–Trinajstić information content (AvgIpc) is 2.68. The van der Waals surface area contributed by atoms with Gasteiger partial charge in [0.1, 0.15) is 11.9 Å². The summed E-state index contributed by atoms with van der Waals surface area (Å²) in [5, 5.41) is 3.06. The molecule has 2 rings (SSSR count). The van der Waals surface area contributed by atoms with Crippen molar-refractivity contribution >= 4 is 23.4 Å². The van der Waals surface area contributed by atoms with Crippen LogP contribution in [0.5, 0.6) is 0 Å². The van der Waals surface area contributed by atoms with Crippen molar-refractivity contribution in [2.45, 2.75) is 39.8 Å². The molecule has 0 spiro atoms. The van der Waals surface area contributed by atoms with Gasteiger partial charge in [0.15, 0.2) is 0 Å². The van der Waals surface area contributed by atoms with E-state index in [1.165, 1.54) is 12.1 Å². The van der Waals surface area contributed by atoms with Crippen molar-refractivity contribution in [2.24, 2.45) is 5.41 Å². The van der Waals surface area contributed by atoms with Crippen LogP contribution in [0.1, 0.15) is 32.8 Å². The van der Waals surface area contributed by atoms with Gasteiger partial charge in [-0.25, -0.2) is 4.39 Å². The predicted octanol–water partition coefficient (Wildman–Crippen LogP) is 2.74. The van der Waals surface area contributed by atoms with Gasteiger partial charge in [0, 0.05) is 23.5 Å². The smallest absolute Gasteiger partial charge is 0.243 e. The number of hydrogen-bond donors (Lipinski definition) is 1. The number of amides is 2. The molecule has 1 saturated heterocycles. The third-order valence-corrected chi connectivity index (χ3v) is 4.38. The summed E-state index contributed by atoms with van der Waals surface area (Å²) in [6.45, 7) is 6.26. The van der Waals surface area contributed by atoms with Crippen LogP contribution in [-0.2, 0) is 16.1 Å². The van der Waals surface area contributed by atoms with Gasteiger partial charge in [-0.05, 0) is 31.0 Å². The number of likely N-dealkylation sites (tertiary alicyclic amines) is 1. The molecule has 1 aromatic rings. The summed E-state index contributed by atoms with van der Waals surface area (Å²) in [7, 11) is 0. The van der Waals surface area contributed by atoms with Gasteiger partial charge in [-0.3, -0.25) is 9.59 Å². The first-order valence-electron chi connectivity index (χ1n) is 7.29. The number of likely N-dealkylation sites (N-methyl/N-ethyl adjacent to an activating group) is 1. The fraction of sp³-hybridized carbons (Fsp3) is 0.500. The lowest BCUT2D eigenvalue weighted by Gasteiger charge is -2.22. The molecule has 6 heteroatoms. The Morgan fingerprint density at radius 1 is 1.50 bits per heavy atom. The Morgan fingerprint density at radius 2 is 2.18 bits per heavy atom. The van der Waals surface area contributed by atoms with E-state index < -0.39 is 17.3 Å². The average molecular weight is 327 g/mol. The second-order valence-electron chi connectivity index (χ2n) is 6.15. The van der Waals surface area contributed by atoms with Crippen LogP contribution in [0.2, 0.25) is 5.02 Å². The van der Waals surface area contributed by atoms with Crippen molar-refractivity contribution < 1.29 is 14.0 Å². The van der Waals surface area contributed by atoms with Gasteiger partial charge in [-0.1, -0.05) is 31.5 Å². The Hall–Kier alpha value is -1.62. The number of hydrogen-bond acceptors (Lipinski definition) is 2. The van der Waals surface area contributed by atoms with Crippen LogP contribution in [0.3, 0.4) is 0 Å². The van der Waals surface area contributed by atoms with E-state index in [2.05, 4.69) is 5.32 Å². The minimum absolute atomic E-state index is 0.00466. The van der Waals surface area contributed by atoms with Crippen molar-refractivity contribution in [1.29, 1.82) is 0 Å². The molecule has 1 heterocycles. The summed E-state index contributed by atoms with van der Waals surface area (Å²) in [5.74, 6) is -0.628. The molecule has 0 aliphatic carbocycles. The number of rotatable bonds is 4. The second-order valence-corrected chi connectivity index (χ2v) is 6.56. The van der Waals surface area contributed by atoms with E-state index >= 15 is 0 Å². The highest BCUT2D eigenvalue weighted by Gasteiger charge is 2.47. The fourth-order valence-electron chi connectivity index (χ4n) is 2.77. The third kappa shape index (κ3) is 3.24. The molecule has 1 N–H and O–H groups in total. The van der Waals surface area contributed by atoms with Gasteiger partial charge in [0.25, 0.3) is 0 Å². The highest BCUT2D eigenvalue weighted by atomic mass is 35.5. The predicted molar refractivity (Wildman–Crippen MR) is 82.8 cm³/mol. The number of nitrogens with zero attached hydrogens (tertiary/aromatic N) is 1. The number of halogens is 2. The van der Waals surface area contributed by atoms with E-state index in [9.17, 15) is 14.0 Å². The summed E-state index contributed by atoms with van der Waals surface area (Å²) >= 11 is 5.94. The molecule has 1 aromatic carbocycles. The molecular formula is C16H20ClFN2O2. The zero-order valence-corrected chi connectivity index (χ0v) is 13.7. The molecule has 22 heavy (non-hydrogen) atoms. The molecule has 0 bridgehead atoms. The van der Waals surface area contributed by atoms with E-state index in [-0.39, 0.29) is 23.4 Å². The van der Waals surface area contributed by atoms with Gasteiger partial charge in [0.05, 0.1) is 0 Å². The minimum Gasteiger partial charge on any atom is -0.350 e. The van der Waals surface area contributed by atoms with Crippen molar-refractivity contribution in [3.63, 3.8) is 0 Å². The Balaban J connectivity index is 2.04. The highest BCUT2D eigenvalue weighted by Crippen LogP contribution is 2.35. The molecule has 0 radical (unpaired) electrons. The monoisotopic (exact) mass is 326 g/mol. The number of carbonyl (C=O) groups is 2. The number of nitrogens with one attached hydrogen (secondary N) is 1. The second kappa shape index (κ2) is 6.24. The van der Waals surface area contributed by atoms with Crippen LogP contribution < -0.4 is 5.32 Å². The maximum absolute atomic E-state index is 13.0. The summed E-state index contributed by atoms with van der Waals surface area (Å²) in [6, 6.07) is 3.59. The maximum Gasteiger partial charge on any atom is 0.243 e. The minimum atomic E-state index is -0.522. The van der Waals surface area contributed by atoms with Crippen LogP contribution in [-0.4, -0.2) is 29.3 Å². The van der Waals surface area contributed by atoms with Crippen molar-refractivity contribution in [3.05, 3.63) is 34.6 Å². The first-order chi connectivity index (χ1) is 10.3. The lowest BCUT2D eigenvalue weighted by molar-refractivity contribution is -0.138. The molecule has 1 atom stereocenters. The normalized spacial score (nSPS) is 20.3. The molecule has 2 amide bonds. The van der Waals surface area contributed by atoms with Gasteiger partial charge in [0.2, 0.25) is 11.8 Å². The number of carbonyl (C=O) groups excluding carboxylic acids is 2. The van der Waals surface area contributed by atoms with Crippen LogP contribution >= 0.6 is 11.6 Å². The molecule has 0 saturated carbocycles. The van der Waals surface area contributed by atoms with Crippen molar-refractivity contribution in [2.75, 3.05) is 6.54 Å². The van der Waals surface area contributed by atoms with Gasteiger partial charge < -0.3 is 10.2 Å². The fourth-order valence-corrected chi connectivity index (χ4v) is 3.01. The first kappa shape index (κ1) is 16.7. The Bertz CT molecular complexity index is 604. The zero-order chi connectivity index (χ0) is 16.5. The molecule has 120 valence electrons. The van der Waals surface area contributed by atoms with E-state index in [4.69, 9.17) is 11.6 Å². The SMILES string of the molecule is CCN1C(=O)C(C)(C)CC1C(=O)NCc1ccc(F)cc1Cl. The Kier molecular flexibility index (Phi) is 4.75. The molecule has 1 unspecified atom stereocenters. The lowest BCUT2D eigenvalue weighted by Crippen LogP contribution is -2.44. The van der Waals surface area contributed by atoms with E-state index in [0.29, 0.717) is 18.5 Å². The highest BCUT2D eigenvalue weighted by molar-refractivity contribution is 6.31. The summed E-state index contributed by atoms with van der Waals surface area (Å²) in [6.07, 6.45) is 0.489.